The summed E-state index contributed by atoms with van der Waals surface area (Å²) in [5, 5.41) is 5.91. The van der Waals surface area contributed by atoms with Gasteiger partial charge in [0.05, 0.1) is 11.6 Å². The molecule has 190 valence electrons. The van der Waals surface area contributed by atoms with Crippen molar-refractivity contribution >= 4 is 17.7 Å². The molecule has 37 heavy (non-hydrogen) atoms. The highest BCUT2D eigenvalue weighted by Gasteiger charge is 2.35. The zero-order valence-electron chi connectivity index (χ0n) is 20.5. The lowest BCUT2D eigenvalue weighted by atomic mass is 10.00. The molecule has 0 spiro atoms. The lowest BCUT2D eigenvalue weighted by Crippen LogP contribution is -2.58. The van der Waals surface area contributed by atoms with Gasteiger partial charge in [-0.3, -0.25) is 19.4 Å². The minimum Gasteiger partial charge on any atom is -0.488 e. The summed E-state index contributed by atoms with van der Waals surface area (Å²) in [6.07, 6.45) is 3.36. The van der Waals surface area contributed by atoms with Gasteiger partial charge in [0, 0.05) is 44.0 Å². The number of carbonyl (C=O) groups excluding carboxylic acids is 3. The van der Waals surface area contributed by atoms with Gasteiger partial charge in [0.15, 0.2) is 6.61 Å². The van der Waals surface area contributed by atoms with Crippen LogP contribution in [0.1, 0.15) is 38.3 Å². The molecule has 0 unspecified atom stereocenters. The Hall–Kier alpha value is -4.40. The van der Waals surface area contributed by atoms with Crippen molar-refractivity contribution in [2.24, 2.45) is 0 Å². The smallest absolute Gasteiger partial charge is 0.258 e. The Balaban J connectivity index is 1.43. The first-order valence-corrected chi connectivity index (χ1v) is 12.2. The number of piperidine rings is 1. The second-order valence-electron chi connectivity index (χ2n) is 9.21. The molecule has 9 heteroatoms. The number of pyridine rings is 1. The van der Waals surface area contributed by atoms with Gasteiger partial charge in [-0.25, -0.2) is 0 Å². The molecule has 2 aromatic carbocycles. The largest absolute Gasteiger partial charge is 0.488 e. The first kappa shape index (κ1) is 24.3. The van der Waals surface area contributed by atoms with Crippen molar-refractivity contribution in [3.63, 3.8) is 0 Å². The van der Waals surface area contributed by atoms with Crippen molar-refractivity contribution in [2.45, 2.75) is 32.0 Å². The predicted octanol–water partition coefficient (Wildman–Crippen LogP) is 2.49. The van der Waals surface area contributed by atoms with Crippen molar-refractivity contribution in [3.05, 3.63) is 89.2 Å². The van der Waals surface area contributed by atoms with Gasteiger partial charge >= 0.3 is 0 Å². The third-order valence-corrected chi connectivity index (χ3v) is 6.57. The molecule has 0 aliphatic carbocycles. The van der Waals surface area contributed by atoms with Crippen LogP contribution in [0, 0.1) is 6.92 Å². The van der Waals surface area contributed by atoms with Gasteiger partial charge in [-0.2, -0.15) is 0 Å². The summed E-state index contributed by atoms with van der Waals surface area (Å²) in [5.74, 6) is 0.390. The lowest BCUT2D eigenvalue weighted by molar-refractivity contribution is -0.123. The Bertz CT molecular complexity index is 1300. The zero-order valence-corrected chi connectivity index (χ0v) is 20.5. The zero-order chi connectivity index (χ0) is 25.8. The van der Waals surface area contributed by atoms with Crippen LogP contribution in [-0.2, 0) is 11.3 Å². The maximum Gasteiger partial charge on any atom is 0.258 e. The third-order valence-electron chi connectivity index (χ3n) is 6.57. The molecule has 2 N–H and O–H groups in total. The second-order valence-corrected chi connectivity index (χ2v) is 9.21. The van der Waals surface area contributed by atoms with Gasteiger partial charge < -0.3 is 25.0 Å². The van der Waals surface area contributed by atoms with Gasteiger partial charge in [0.2, 0.25) is 0 Å². The van der Waals surface area contributed by atoms with Crippen LogP contribution in [0.25, 0.3) is 0 Å². The number of hydrogen-bond acceptors (Lipinski definition) is 6. The predicted molar refractivity (Wildman–Crippen MR) is 135 cm³/mol. The van der Waals surface area contributed by atoms with Crippen molar-refractivity contribution in [1.29, 1.82) is 0 Å². The van der Waals surface area contributed by atoms with E-state index in [0.29, 0.717) is 42.1 Å². The summed E-state index contributed by atoms with van der Waals surface area (Å²) in [5.41, 5.74) is 2.62. The second kappa shape index (κ2) is 10.7. The molecule has 0 saturated carbocycles. The molecule has 3 aromatic rings. The maximum absolute atomic E-state index is 13.3. The molecular weight excluding hydrogens is 472 g/mol. The monoisotopic (exact) mass is 500 g/mol. The van der Waals surface area contributed by atoms with E-state index >= 15 is 0 Å². The number of carbonyl (C=O) groups is 3. The lowest BCUT2D eigenvalue weighted by Gasteiger charge is -2.39. The summed E-state index contributed by atoms with van der Waals surface area (Å²) in [4.78, 5) is 44.5. The first-order chi connectivity index (χ1) is 18.0. The normalized spacial score (nSPS) is 20.0. The fourth-order valence-electron chi connectivity index (χ4n) is 4.47. The summed E-state index contributed by atoms with van der Waals surface area (Å²) in [7, 11) is 0. The molecular formula is C28H28N4O5. The third kappa shape index (κ3) is 5.72. The SMILES string of the molecule is Cc1ccc2cc1OCC(=O)NCc1ccc(cc1)O[C@H]1CCN(C(=O)c3cccnc3)C[C@@H]1NC2=O. The van der Waals surface area contributed by atoms with Crippen molar-refractivity contribution < 1.29 is 23.9 Å². The van der Waals surface area contributed by atoms with Gasteiger partial charge in [-0.1, -0.05) is 18.2 Å². The molecule has 1 aromatic heterocycles. The summed E-state index contributed by atoms with van der Waals surface area (Å²) >= 11 is 0. The molecule has 9 nitrogen and oxygen atoms in total. The molecule has 3 aliphatic rings. The highest BCUT2D eigenvalue weighted by Crippen LogP contribution is 2.24. The Morgan fingerprint density at radius 2 is 1.95 bits per heavy atom. The van der Waals surface area contributed by atoms with Crippen LogP contribution < -0.4 is 20.1 Å². The number of nitrogens with one attached hydrogen (secondary N) is 2. The molecule has 3 amide bonds. The molecule has 3 aliphatic heterocycles. The van der Waals surface area contributed by atoms with Crippen LogP contribution in [0.5, 0.6) is 11.5 Å². The van der Waals surface area contributed by atoms with E-state index in [9.17, 15) is 14.4 Å². The van der Waals surface area contributed by atoms with E-state index in [1.165, 1.54) is 0 Å². The van der Waals surface area contributed by atoms with Gasteiger partial charge in [0.25, 0.3) is 17.7 Å². The molecule has 0 radical (unpaired) electrons. The Labute approximate surface area is 214 Å². The van der Waals surface area contributed by atoms with E-state index in [4.69, 9.17) is 9.47 Å². The van der Waals surface area contributed by atoms with E-state index in [1.807, 2.05) is 31.2 Å². The number of ether oxygens (including phenoxy) is 2. The number of fused-ring (bicyclic) bond motifs is 7. The van der Waals surface area contributed by atoms with Crippen molar-refractivity contribution in [1.82, 2.24) is 20.5 Å². The average Bonchev–Trinajstić information content (AvgIpc) is 2.92. The van der Waals surface area contributed by atoms with E-state index < -0.39 is 6.04 Å². The fourth-order valence-corrected chi connectivity index (χ4v) is 4.47. The topological polar surface area (TPSA) is 110 Å². The molecule has 4 bridgehead atoms. The quantitative estimate of drug-likeness (QED) is 0.531. The fraction of sp³-hybridized carbons (Fsp3) is 0.286. The average molecular weight is 501 g/mol. The minimum absolute atomic E-state index is 0.142. The van der Waals surface area contributed by atoms with Gasteiger partial charge in [0.1, 0.15) is 17.6 Å². The van der Waals surface area contributed by atoms with Crippen LogP contribution in [0.15, 0.2) is 67.0 Å². The van der Waals surface area contributed by atoms with Crippen molar-refractivity contribution in [2.75, 3.05) is 19.7 Å². The van der Waals surface area contributed by atoms with Crippen LogP contribution in [-0.4, -0.2) is 59.4 Å². The number of rotatable bonds is 1. The standard InChI is InChI=1S/C28H28N4O5/c1-18-4-7-20-13-25(18)36-17-26(33)30-14-19-5-8-22(9-6-19)37-24-10-12-32(16-23(24)31-27(20)34)28(35)21-3-2-11-29-15-21/h2-9,11,13,15,23-24H,10,12,14,16-17H2,1H3,(H,30,33)(H,31,34)/t23-,24-/m0/s1. The Kier molecular flexibility index (Phi) is 7.02. The molecule has 1 saturated heterocycles. The number of hydrogen-bond donors (Lipinski definition) is 2. The number of benzene rings is 2. The first-order valence-electron chi connectivity index (χ1n) is 12.2. The van der Waals surface area contributed by atoms with Crippen molar-refractivity contribution in [3.8, 4) is 11.5 Å². The van der Waals surface area contributed by atoms with Crippen LogP contribution in [0.3, 0.4) is 0 Å². The highest BCUT2D eigenvalue weighted by atomic mass is 16.5. The molecule has 6 rings (SSSR count). The van der Waals surface area contributed by atoms with E-state index in [-0.39, 0.29) is 37.0 Å². The minimum atomic E-state index is -0.453. The number of aryl methyl sites for hydroxylation is 1. The number of aromatic nitrogens is 1. The van der Waals surface area contributed by atoms with E-state index in [1.54, 1.807) is 47.6 Å². The number of amides is 3. The van der Waals surface area contributed by atoms with E-state index in [2.05, 4.69) is 15.6 Å². The maximum atomic E-state index is 13.3. The molecule has 4 heterocycles. The number of nitrogens with zero attached hydrogens (tertiary/aromatic N) is 2. The van der Waals surface area contributed by atoms with Gasteiger partial charge in [-0.05, 0) is 54.4 Å². The summed E-state index contributed by atoms with van der Waals surface area (Å²) < 4.78 is 12.0. The van der Waals surface area contributed by atoms with Gasteiger partial charge in [-0.15, -0.1) is 0 Å². The van der Waals surface area contributed by atoms with E-state index in [0.717, 1.165) is 11.1 Å². The molecule has 2 atom stereocenters. The van der Waals surface area contributed by atoms with Crippen LogP contribution in [0.4, 0.5) is 0 Å². The molecule has 1 fully saturated rings. The van der Waals surface area contributed by atoms with Crippen LogP contribution >= 0.6 is 0 Å². The Morgan fingerprint density at radius 1 is 1.11 bits per heavy atom. The number of likely N-dealkylation sites (tertiary alicyclic amines) is 1. The summed E-state index contributed by atoms with van der Waals surface area (Å²) in [6.45, 7) is 2.82. The van der Waals surface area contributed by atoms with Crippen LogP contribution in [0.2, 0.25) is 0 Å². The summed E-state index contributed by atoms with van der Waals surface area (Å²) in [6, 6.07) is 15.6. The highest BCUT2D eigenvalue weighted by molar-refractivity contribution is 5.96. The Morgan fingerprint density at radius 3 is 2.73 bits per heavy atom.